The van der Waals surface area contributed by atoms with E-state index in [0.29, 0.717) is 6.54 Å². The summed E-state index contributed by atoms with van der Waals surface area (Å²) in [4.78, 5) is 22.7. The van der Waals surface area contributed by atoms with E-state index in [2.05, 4.69) is 5.32 Å². The summed E-state index contributed by atoms with van der Waals surface area (Å²) < 4.78 is 13.5. The van der Waals surface area contributed by atoms with Gasteiger partial charge in [-0.2, -0.15) is 4.39 Å². The molecule has 5 nitrogen and oxygen atoms in total. The number of carbonyl (C=O) groups is 1. The molecule has 0 spiro atoms. The van der Waals surface area contributed by atoms with E-state index in [4.69, 9.17) is 0 Å². The summed E-state index contributed by atoms with van der Waals surface area (Å²) in [6.45, 7) is 2.39. The summed E-state index contributed by atoms with van der Waals surface area (Å²) in [7, 11) is 0. The molecule has 0 fully saturated rings. The second kappa shape index (κ2) is 6.45. The SMILES string of the molecule is CCc1ccsc1CNC(=O)c1ccc([N+](=O)[O-])c(F)c1. The summed E-state index contributed by atoms with van der Waals surface area (Å²) in [6, 6.07) is 5.11. The zero-order valence-corrected chi connectivity index (χ0v) is 12.1. The fourth-order valence-electron chi connectivity index (χ4n) is 1.90. The van der Waals surface area contributed by atoms with Crippen LogP contribution in [-0.4, -0.2) is 10.8 Å². The number of rotatable bonds is 5. The first-order chi connectivity index (χ1) is 10.0. The number of carbonyl (C=O) groups excluding carboxylic acids is 1. The van der Waals surface area contributed by atoms with Crippen molar-refractivity contribution in [2.75, 3.05) is 0 Å². The molecular weight excluding hydrogens is 295 g/mol. The van der Waals surface area contributed by atoms with E-state index in [1.165, 1.54) is 6.07 Å². The van der Waals surface area contributed by atoms with Crippen LogP contribution in [0.5, 0.6) is 0 Å². The van der Waals surface area contributed by atoms with Crippen LogP contribution in [0.4, 0.5) is 10.1 Å². The van der Waals surface area contributed by atoms with Gasteiger partial charge in [0.25, 0.3) is 5.91 Å². The Balaban J connectivity index is 2.07. The largest absolute Gasteiger partial charge is 0.347 e. The van der Waals surface area contributed by atoms with Gasteiger partial charge in [-0.05, 0) is 35.6 Å². The van der Waals surface area contributed by atoms with Crippen molar-refractivity contribution in [1.82, 2.24) is 5.32 Å². The van der Waals surface area contributed by atoms with Crippen LogP contribution in [0.2, 0.25) is 0 Å². The van der Waals surface area contributed by atoms with Gasteiger partial charge in [-0.3, -0.25) is 14.9 Å². The van der Waals surface area contributed by atoms with Crippen molar-refractivity contribution in [1.29, 1.82) is 0 Å². The Hall–Kier alpha value is -2.28. The van der Waals surface area contributed by atoms with Gasteiger partial charge in [0, 0.05) is 16.5 Å². The Morgan fingerprint density at radius 3 is 2.81 bits per heavy atom. The molecular formula is C14H13FN2O3S. The van der Waals surface area contributed by atoms with Crippen molar-refractivity contribution in [3.8, 4) is 0 Å². The highest BCUT2D eigenvalue weighted by molar-refractivity contribution is 7.10. The minimum atomic E-state index is -1.02. The Kier molecular flexibility index (Phi) is 4.64. The number of thiophene rings is 1. The summed E-state index contributed by atoms with van der Waals surface area (Å²) in [5.41, 5.74) is 0.584. The maximum Gasteiger partial charge on any atom is 0.304 e. The minimum absolute atomic E-state index is 0.0627. The molecule has 1 N–H and O–H groups in total. The van der Waals surface area contributed by atoms with Crippen molar-refractivity contribution in [2.24, 2.45) is 0 Å². The molecule has 0 unspecified atom stereocenters. The quantitative estimate of drug-likeness (QED) is 0.680. The van der Waals surface area contributed by atoms with Crippen LogP contribution < -0.4 is 5.32 Å². The Morgan fingerprint density at radius 2 is 2.19 bits per heavy atom. The molecule has 0 aliphatic rings. The van der Waals surface area contributed by atoms with Crippen molar-refractivity contribution >= 4 is 22.9 Å². The normalized spacial score (nSPS) is 10.4. The molecule has 1 heterocycles. The van der Waals surface area contributed by atoms with Gasteiger partial charge in [0.05, 0.1) is 11.5 Å². The molecule has 0 saturated carbocycles. The third-order valence-corrected chi connectivity index (χ3v) is 4.00. The molecule has 0 saturated heterocycles. The number of nitrogens with one attached hydrogen (secondary N) is 1. The number of nitro benzene ring substituents is 1. The van der Waals surface area contributed by atoms with E-state index < -0.39 is 22.3 Å². The van der Waals surface area contributed by atoms with Crippen LogP contribution in [-0.2, 0) is 13.0 Å². The molecule has 0 aliphatic heterocycles. The smallest absolute Gasteiger partial charge is 0.304 e. The highest BCUT2D eigenvalue weighted by atomic mass is 32.1. The number of aryl methyl sites for hydroxylation is 1. The maximum absolute atomic E-state index is 13.5. The first kappa shape index (κ1) is 15.1. The standard InChI is InChI=1S/C14H13FN2O3S/c1-2-9-5-6-21-13(9)8-16-14(18)10-3-4-12(17(19)20)11(15)7-10/h3-7H,2,8H2,1H3,(H,16,18). The second-order valence-corrected chi connectivity index (χ2v) is 5.33. The number of benzene rings is 1. The van der Waals surface area contributed by atoms with Crippen LogP contribution >= 0.6 is 11.3 Å². The molecule has 21 heavy (non-hydrogen) atoms. The third kappa shape index (κ3) is 3.43. The van der Waals surface area contributed by atoms with E-state index in [1.807, 2.05) is 18.4 Å². The lowest BCUT2D eigenvalue weighted by atomic mass is 10.1. The number of nitrogens with zero attached hydrogens (tertiary/aromatic N) is 1. The lowest BCUT2D eigenvalue weighted by Crippen LogP contribution is -2.23. The lowest BCUT2D eigenvalue weighted by Gasteiger charge is -2.06. The van der Waals surface area contributed by atoms with Crippen LogP contribution in [0.1, 0.15) is 27.7 Å². The summed E-state index contributed by atoms with van der Waals surface area (Å²) in [6.07, 6.45) is 0.876. The number of nitro groups is 1. The van der Waals surface area contributed by atoms with Gasteiger partial charge in [-0.15, -0.1) is 11.3 Å². The first-order valence-corrected chi connectivity index (χ1v) is 7.18. The molecule has 110 valence electrons. The van der Waals surface area contributed by atoms with Gasteiger partial charge in [0.15, 0.2) is 0 Å². The zero-order valence-electron chi connectivity index (χ0n) is 11.3. The fraction of sp³-hybridized carbons (Fsp3) is 0.214. The summed E-state index contributed by atoms with van der Waals surface area (Å²) >= 11 is 1.54. The molecule has 1 aromatic carbocycles. The van der Waals surface area contributed by atoms with Crippen molar-refractivity contribution in [3.05, 3.63) is 61.6 Å². The van der Waals surface area contributed by atoms with E-state index >= 15 is 0 Å². The maximum atomic E-state index is 13.5. The van der Waals surface area contributed by atoms with Gasteiger partial charge in [0.2, 0.25) is 5.82 Å². The van der Waals surface area contributed by atoms with Crippen LogP contribution in [0.15, 0.2) is 29.6 Å². The average Bonchev–Trinajstić information content (AvgIpc) is 2.91. The third-order valence-electron chi connectivity index (χ3n) is 3.03. The molecule has 0 aliphatic carbocycles. The van der Waals surface area contributed by atoms with Crippen LogP contribution in [0.25, 0.3) is 0 Å². The molecule has 1 aromatic heterocycles. The number of halogens is 1. The van der Waals surface area contributed by atoms with Crippen molar-refractivity contribution in [3.63, 3.8) is 0 Å². The summed E-state index contributed by atoms with van der Waals surface area (Å²) in [5, 5.41) is 15.2. The molecule has 0 bridgehead atoms. The highest BCUT2D eigenvalue weighted by Crippen LogP contribution is 2.19. The molecule has 2 rings (SSSR count). The number of amides is 1. The van der Waals surface area contributed by atoms with E-state index in [0.717, 1.165) is 29.0 Å². The van der Waals surface area contributed by atoms with Crippen LogP contribution in [0, 0.1) is 15.9 Å². The molecule has 1 amide bonds. The minimum Gasteiger partial charge on any atom is -0.347 e. The summed E-state index contributed by atoms with van der Waals surface area (Å²) in [5.74, 6) is -1.47. The molecule has 7 heteroatoms. The molecule has 0 atom stereocenters. The van der Waals surface area contributed by atoms with Crippen molar-refractivity contribution < 1.29 is 14.1 Å². The van der Waals surface area contributed by atoms with Gasteiger partial charge >= 0.3 is 5.69 Å². The van der Waals surface area contributed by atoms with Gasteiger partial charge < -0.3 is 5.32 Å². The fourth-order valence-corrected chi connectivity index (χ4v) is 2.81. The Labute approximate surface area is 124 Å². The zero-order chi connectivity index (χ0) is 15.4. The van der Waals surface area contributed by atoms with Gasteiger partial charge in [-0.1, -0.05) is 6.92 Å². The van der Waals surface area contributed by atoms with Crippen LogP contribution in [0.3, 0.4) is 0 Å². The first-order valence-electron chi connectivity index (χ1n) is 6.30. The Morgan fingerprint density at radius 1 is 1.43 bits per heavy atom. The van der Waals surface area contributed by atoms with E-state index in [-0.39, 0.29) is 5.56 Å². The van der Waals surface area contributed by atoms with Gasteiger partial charge in [-0.25, -0.2) is 0 Å². The number of hydrogen-bond donors (Lipinski definition) is 1. The number of hydrogen-bond acceptors (Lipinski definition) is 4. The highest BCUT2D eigenvalue weighted by Gasteiger charge is 2.16. The average molecular weight is 308 g/mol. The van der Waals surface area contributed by atoms with E-state index in [1.54, 1.807) is 11.3 Å². The second-order valence-electron chi connectivity index (χ2n) is 4.33. The predicted octanol–water partition coefficient (Wildman–Crippen LogP) is 3.29. The molecule has 2 aromatic rings. The Bertz CT molecular complexity index is 685. The molecule has 0 radical (unpaired) electrons. The predicted molar refractivity (Wildman–Crippen MR) is 77.9 cm³/mol. The van der Waals surface area contributed by atoms with Gasteiger partial charge in [0.1, 0.15) is 0 Å². The van der Waals surface area contributed by atoms with Crippen molar-refractivity contribution in [2.45, 2.75) is 19.9 Å². The monoisotopic (exact) mass is 308 g/mol. The lowest BCUT2D eigenvalue weighted by molar-refractivity contribution is -0.387. The van der Waals surface area contributed by atoms with E-state index in [9.17, 15) is 19.3 Å². The topological polar surface area (TPSA) is 72.2 Å².